The van der Waals surface area contributed by atoms with Gasteiger partial charge in [-0.1, -0.05) is 6.07 Å². The largest absolute Gasteiger partial charge is 0.472 e. The molecule has 25 heavy (non-hydrogen) atoms. The van der Waals surface area contributed by atoms with Gasteiger partial charge in [0.1, 0.15) is 6.26 Å². The first-order chi connectivity index (χ1) is 11.7. The van der Waals surface area contributed by atoms with Crippen LogP contribution in [-0.2, 0) is 12.3 Å². The van der Waals surface area contributed by atoms with Gasteiger partial charge in [0.05, 0.1) is 11.8 Å². The fourth-order valence-corrected chi connectivity index (χ4v) is 2.88. The summed E-state index contributed by atoms with van der Waals surface area (Å²) < 4.78 is 56.9. The Kier molecular flexibility index (Phi) is 4.32. The molecule has 0 saturated carbocycles. The van der Waals surface area contributed by atoms with E-state index >= 15 is 0 Å². The van der Waals surface area contributed by atoms with Gasteiger partial charge in [-0.25, -0.2) is 0 Å². The van der Waals surface area contributed by atoms with E-state index in [0.29, 0.717) is 42.6 Å². The Hall–Kier alpha value is -2.35. The summed E-state index contributed by atoms with van der Waals surface area (Å²) in [6.07, 6.45) is -1.16. The number of furan rings is 1. The highest BCUT2D eigenvalue weighted by Crippen LogP contribution is 2.42. The summed E-state index contributed by atoms with van der Waals surface area (Å²) in [7, 11) is 0. The van der Waals surface area contributed by atoms with E-state index in [2.05, 4.69) is 0 Å². The standard InChI is InChI=1S/C17H15F4NO3/c18-16(24,17(19,20)21)13-4-5-14-11(9-13)3-1-2-7-22(14)15(23)12-6-8-25-10-12/h4-6,8-10,24H,1-3,7H2. The number of carbonyl (C=O) groups excluding carboxylic acids is 1. The summed E-state index contributed by atoms with van der Waals surface area (Å²) in [5.41, 5.74) is 0.211. The molecule has 1 aliphatic rings. The lowest BCUT2D eigenvalue weighted by atomic mass is 9.99. The zero-order valence-electron chi connectivity index (χ0n) is 13.0. The summed E-state index contributed by atoms with van der Waals surface area (Å²) in [6.45, 7) is 0.384. The van der Waals surface area contributed by atoms with Crippen LogP contribution in [0.5, 0.6) is 0 Å². The molecule has 1 amide bonds. The van der Waals surface area contributed by atoms with Gasteiger partial charge in [-0.05, 0) is 43.0 Å². The third kappa shape index (κ3) is 3.13. The molecule has 1 N–H and O–H groups in total. The number of fused-ring (bicyclic) bond motifs is 1. The van der Waals surface area contributed by atoms with E-state index in [1.165, 1.54) is 29.6 Å². The van der Waals surface area contributed by atoms with E-state index in [1.54, 1.807) is 0 Å². The van der Waals surface area contributed by atoms with Crippen molar-refractivity contribution in [1.82, 2.24) is 0 Å². The summed E-state index contributed by atoms with van der Waals surface area (Å²) in [6, 6.07) is 4.56. The van der Waals surface area contributed by atoms with Gasteiger partial charge in [0.25, 0.3) is 5.91 Å². The third-order valence-electron chi connectivity index (χ3n) is 4.22. The Balaban J connectivity index is 2.01. The van der Waals surface area contributed by atoms with Crippen LogP contribution in [0.1, 0.15) is 34.3 Å². The first-order valence-corrected chi connectivity index (χ1v) is 7.67. The van der Waals surface area contributed by atoms with E-state index < -0.39 is 17.6 Å². The molecule has 0 saturated heterocycles. The average molecular weight is 357 g/mol. The van der Waals surface area contributed by atoms with E-state index in [-0.39, 0.29) is 5.91 Å². The first kappa shape index (κ1) is 17.5. The molecular weight excluding hydrogens is 342 g/mol. The van der Waals surface area contributed by atoms with Gasteiger partial charge < -0.3 is 14.4 Å². The predicted octanol–water partition coefficient (Wildman–Crippen LogP) is 3.94. The smallest absolute Gasteiger partial charge is 0.453 e. The topological polar surface area (TPSA) is 53.7 Å². The van der Waals surface area contributed by atoms with Crippen molar-refractivity contribution >= 4 is 11.6 Å². The van der Waals surface area contributed by atoms with E-state index in [0.717, 1.165) is 12.1 Å². The van der Waals surface area contributed by atoms with E-state index in [1.807, 2.05) is 0 Å². The number of halogens is 4. The molecule has 2 aromatic rings. The molecule has 8 heteroatoms. The van der Waals surface area contributed by atoms with Crippen LogP contribution in [0.3, 0.4) is 0 Å². The Morgan fingerprint density at radius 3 is 2.56 bits per heavy atom. The molecule has 1 atom stereocenters. The number of hydrogen-bond acceptors (Lipinski definition) is 3. The Bertz CT molecular complexity index is 769. The van der Waals surface area contributed by atoms with Crippen LogP contribution in [0, 0.1) is 0 Å². The molecule has 3 rings (SSSR count). The van der Waals surface area contributed by atoms with Crippen molar-refractivity contribution < 1.29 is 31.9 Å². The minimum atomic E-state index is -5.45. The summed E-state index contributed by atoms with van der Waals surface area (Å²) in [5.74, 6) is -4.79. The van der Waals surface area contributed by atoms with Gasteiger partial charge in [-0.2, -0.15) is 17.6 Å². The number of aryl methyl sites for hydroxylation is 1. The van der Waals surface area contributed by atoms with Gasteiger partial charge in [-0.15, -0.1) is 0 Å². The van der Waals surface area contributed by atoms with Crippen LogP contribution in [0.25, 0.3) is 0 Å². The van der Waals surface area contributed by atoms with Crippen LogP contribution < -0.4 is 4.90 Å². The lowest BCUT2D eigenvalue weighted by molar-refractivity contribution is -0.323. The second-order valence-electron chi connectivity index (χ2n) is 5.89. The lowest BCUT2D eigenvalue weighted by Crippen LogP contribution is -2.38. The average Bonchev–Trinajstić information content (AvgIpc) is 3.00. The summed E-state index contributed by atoms with van der Waals surface area (Å²) in [4.78, 5) is 14.0. The first-order valence-electron chi connectivity index (χ1n) is 7.67. The maximum absolute atomic E-state index is 13.8. The SMILES string of the molecule is O=C(c1ccoc1)N1CCCCc2cc(C(O)(F)C(F)(F)F)ccc21. The van der Waals surface area contributed by atoms with Crippen molar-refractivity contribution in [3.05, 3.63) is 53.5 Å². The third-order valence-corrected chi connectivity index (χ3v) is 4.22. The molecule has 0 bridgehead atoms. The minimum absolute atomic E-state index is 0.314. The number of alkyl halides is 4. The maximum Gasteiger partial charge on any atom is 0.453 e. The van der Waals surface area contributed by atoms with Gasteiger partial charge in [-0.3, -0.25) is 4.79 Å². The van der Waals surface area contributed by atoms with Crippen molar-refractivity contribution in [3.8, 4) is 0 Å². The number of rotatable bonds is 2. The molecule has 0 radical (unpaired) electrons. The van der Waals surface area contributed by atoms with E-state index in [9.17, 15) is 27.5 Å². The van der Waals surface area contributed by atoms with Crippen molar-refractivity contribution in [1.29, 1.82) is 0 Å². The lowest BCUT2D eigenvalue weighted by Gasteiger charge is -2.26. The van der Waals surface area contributed by atoms with Gasteiger partial charge in [0.15, 0.2) is 0 Å². The minimum Gasteiger partial charge on any atom is -0.472 e. The molecule has 0 spiro atoms. The molecular formula is C17H15F4NO3. The number of benzene rings is 1. The highest BCUT2D eigenvalue weighted by atomic mass is 19.4. The van der Waals surface area contributed by atoms with E-state index in [4.69, 9.17) is 4.42 Å². The molecule has 1 aliphatic heterocycles. The van der Waals surface area contributed by atoms with Gasteiger partial charge in [0.2, 0.25) is 0 Å². The van der Waals surface area contributed by atoms with Gasteiger partial charge in [0, 0.05) is 17.8 Å². The number of hydrogen-bond donors (Lipinski definition) is 1. The number of carbonyl (C=O) groups is 1. The van der Waals surface area contributed by atoms with Crippen molar-refractivity contribution in [2.45, 2.75) is 31.3 Å². The van der Waals surface area contributed by atoms with Crippen LogP contribution in [-0.4, -0.2) is 23.7 Å². The van der Waals surface area contributed by atoms with Crippen molar-refractivity contribution in [2.24, 2.45) is 0 Å². The van der Waals surface area contributed by atoms with Crippen molar-refractivity contribution in [3.63, 3.8) is 0 Å². The number of amides is 1. The van der Waals surface area contributed by atoms with Crippen LogP contribution in [0.4, 0.5) is 23.2 Å². The second kappa shape index (κ2) is 6.18. The highest BCUT2D eigenvalue weighted by molar-refractivity contribution is 6.06. The normalized spacial score (nSPS) is 17.6. The molecule has 1 aromatic heterocycles. The van der Waals surface area contributed by atoms with Crippen LogP contribution >= 0.6 is 0 Å². The van der Waals surface area contributed by atoms with Gasteiger partial charge >= 0.3 is 12.0 Å². The quantitative estimate of drug-likeness (QED) is 0.829. The predicted molar refractivity (Wildman–Crippen MR) is 80.8 cm³/mol. The molecule has 4 nitrogen and oxygen atoms in total. The Morgan fingerprint density at radius 1 is 1.16 bits per heavy atom. The second-order valence-corrected chi connectivity index (χ2v) is 5.89. The number of anilines is 1. The molecule has 1 aromatic carbocycles. The fraction of sp³-hybridized carbons (Fsp3) is 0.353. The Labute approximate surface area is 140 Å². The monoisotopic (exact) mass is 357 g/mol. The summed E-state index contributed by atoms with van der Waals surface area (Å²) >= 11 is 0. The molecule has 134 valence electrons. The molecule has 0 fully saturated rings. The molecule has 1 unspecified atom stereocenters. The highest BCUT2D eigenvalue weighted by Gasteiger charge is 2.56. The molecule has 2 heterocycles. The zero-order valence-corrected chi connectivity index (χ0v) is 13.0. The summed E-state index contributed by atoms with van der Waals surface area (Å²) in [5, 5.41) is 9.23. The number of nitrogens with zero attached hydrogens (tertiary/aromatic N) is 1. The maximum atomic E-state index is 13.8. The van der Waals surface area contributed by atoms with Crippen molar-refractivity contribution in [2.75, 3.05) is 11.4 Å². The number of aliphatic hydroxyl groups is 1. The molecule has 0 aliphatic carbocycles. The zero-order chi connectivity index (χ0) is 18.2. The van der Waals surface area contributed by atoms with Crippen LogP contribution in [0.15, 0.2) is 41.2 Å². The van der Waals surface area contributed by atoms with Crippen LogP contribution in [0.2, 0.25) is 0 Å². The fourth-order valence-electron chi connectivity index (χ4n) is 2.88. The Morgan fingerprint density at radius 2 is 1.92 bits per heavy atom.